The van der Waals surface area contributed by atoms with E-state index in [1.165, 1.54) is 26.2 Å². The first-order chi connectivity index (χ1) is 8.99. The molecule has 0 aromatic heterocycles. The Balaban J connectivity index is 2.97. The van der Waals surface area contributed by atoms with Crippen molar-refractivity contribution in [3.63, 3.8) is 0 Å². The minimum atomic E-state index is -0.508. The molecule has 0 unspecified atom stereocenters. The summed E-state index contributed by atoms with van der Waals surface area (Å²) in [6.07, 6.45) is 0. The van der Waals surface area contributed by atoms with Crippen LogP contribution >= 0.6 is 11.6 Å². The molecule has 0 fully saturated rings. The fourth-order valence-electron chi connectivity index (χ4n) is 1.43. The topological polar surface area (TPSA) is 61.8 Å². The van der Waals surface area contributed by atoms with Crippen LogP contribution in [0.15, 0.2) is 12.1 Å². The van der Waals surface area contributed by atoms with Gasteiger partial charge in [-0.15, -0.1) is 0 Å². The quantitative estimate of drug-likeness (QED) is 0.594. The zero-order valence-corrected chi connectivity index (χ0v) is 11.7. The van der Waals surface area contributed by atoms with Gasteiger partial charge in [-0.2, -0.15) is 0 Å². The Morgan fingerprint density at radius 2 is 1.95 bits per heavy atom. The van der Waals surface area contributed by atoms with Crippen molar-refractivity contribution in [2.24, 2.45) is 0 Å². The van der Waals surface area contributed by atoms with Crippen LogP contribution in [0, 0.1) is 0 Å². The van der Waals surface area contributed by atoms with Crippen molar-refractivity contribution in [1.82, 2.24) is 0 Å². The summed E-state index contributed by atoms with van der Waals surface area (Å²) in [5, 5.41) is 0.302. The molecule has 1 aromatic carbocycles. The number of methoxy groups -OCH3 is 1. The lowest BCUT2D eigenvalue weighted by Crippen LogP contribution is -2.15. The first-order valence-corrected chi connectivity index (χ1v) is 6.04. The van der Waals surface area contributed by atoms with Gasteiger partial charge in [-0.1, -0.05) is 11.6 Å². The molecule has 1 aromatic rings. The van der Waals surface area contributed by atoms with Crippen molar-refractivity contribution in [2.45, 2.75) is 13.8 Å². The number of halogens is 1. The zero-order valence-electron chi connectivity index (χ0n) is 11.0. The minimum absolute atomic E-state index is 0.219. The standard InChI is InChI=1S/C13H15ClO5/c1-4-18-13(16)7-19-11-6-12(17-3)10(14)5-9(11)8(2)15/h5-6H,4,7H2,1-3H3. The van der Waals surface area contributed by atoms with Gasteiger partial charge in [-0.25, -0.2) is 4.79 Å². The molecule has 0 saturated carbocycles. The van der Waals surface area contributed by atoms with Crippen molar-refractivity contribution >= 4 is 23.4 Å². The second-order valence-electron chi connectivity index (χ2n) is 3.63. The monoisotopic (exact) mass is 286 g/mol. The van der Waals surface area contributed by atoms with E-state index in [-0.39, 0.29) is 30.3 Å². The first kappa shape index (κ1) is 15.3. The average molecular weight is 287 g/mol. The van der Waals surface area contributed by atoms with Crippen LogP contribution in [-0.4, -0.2) is 32.1 Å². The molecule has 0 aliphatic carbocycles. The first-order valence-electron chi connectivity index (χ1n) is 5.66. The molecule has 0 bridgehead atoms. The lowest BCUT2D eigenvalue weighted by atomic mass is 10.1. The third-order valence-electron chi connectivity index (χ3n) is 2.28. The molecule has 0 amide bonds. The maximum atomic E-state index is 11.5. The SMILES string of the molecule is CCOC(=O)COc1cc(OC)c(Cl)cc1C(C)=O. The third kappa shape index (κ3) is 4.13. The second kappa shape index (κ2) is 6.99. The molecular weight excluding hydrogens is 272 g/mol. The third-order valence-corrected chi connectivity index (χ3v) is 2.58. The predicted molar refractivity (Wildman–Crippen MR) is 70.1 cm³/mol. The van der Waals surface area contributed by atoms with Crippen LogP contribution in [0.3, 0.4) is 0 Å². The number of carbonyl (C=O) groups is 2. The number of ketones is 1. The van der Waals surface area contributed by atoms with E-state index in [2.05, 4.69) is 0 Å². The van der Waals surface area contributed by atoms with Gasteiger partial charge in [0.1, 0.15) is 11.5 Å². The highest BCUT2D eigenvalue weighted by molar-refractivity contribution is 6.32. The maximum absolute atomic E-state index is 11.5. The number of hydrogen-bond donors (Lipinski definition) is 0. The molecule has 0 spiro atoms. The number of hydrogen-bond acceptors (Lipinski definition) is 5. The number of Topliss-reactive ketones (excluding diaryl/α,β-unsaturated/α-hetero) is 1. The van der Waals surface area contributed by atoms with Crippen molar-refractivity contribution in [3.8, 4) is 11.5 Å². The number of esters is 1. The molecule has 0 radical (unpaired) electrons. The molecule has 6 heteroatoms. The Bertz CT molecular complexity index is 484. The predicted octanol–water partition coefficient (Wildman–Crippen LogP) is 2.49. The van der Waals surface area contributed by atoms with E-state index in [0.717, 1.165) is 0 Å². The number of benzene rings is 1. The summed E-state index contributed by atoms with van der Waals surface area (Å²) in [7, 11) is 1.45. The molecule has 5 nitrogen and oxygen atoms in total. The van der Waals surface area contributed by atoms with Crippen LogP contribution in [0.2, 0.25) is 5.02 Å². The highest BCUT2D eigenvalue weighted by Gasteiger charge is 2.15. The number of carbonyl (C=O) groups excluding carboxylic acids is 2. The van der Waals surface area contributed by atoms with Gasteiger partial charge < -0.3 is 14.2 Å². The van der Waals surface area contributed by atoms with Gasteiger partial charge in [0.25, 0.3) is 0 Å². The molecule has 19 heavy (non-hydrogen) atoms. The molecule has 0 aliphatic heterocycles. The molecule has 0 saturated heterocycles. The molecule has 0 atom stereocenters. The largest absolute Gasteiger partial charge is 0.495 e. The van der Waals surface area contributed by atoms with E-state index in [0.29, 0.717) is 10.8 Å². The number of ether oxygens (including phenoxy) is 3. The van der Waals surface area contributed by atoms with Gasteiger partial charge in [0.2, 0.25) is 0 Å². The molecule has 0 heterocycles. The summed E-state index contributed by atoms with van der Waals surface area (Å²) in [4.78, 5) is 22.7. The summed E-state index contributed by atoms with van der Waals surface area (Å²) < 4.78 is 15.0. The normalized spacial score (nSPS) is 9.89. The Morgan fingerprint density at radius 3 is 2.47 bits per heavy atom. The van der Waals surface area contributed by atoms with Crippen molar-refractivity contribution in [3.05, 3.63) is 22.7 Å². The average Bonchev–Trinajstić information content (AvgIpc) is 2.37. The fourth-order valence-corrected chi connectivity index (χ4v) is 1.67. The van der Waals surface area contributed by atoms with E-state index < -0.39 is 5.97 Å². The smallest absolute Gasteiger partial charge is 0.344 e. The summed E-state index contributed by atoms with van der Waals surface area (Å²) in [6, 6.07) is 2.92. The van der Waals surface area contributed by atoms with Crippen molar-refractivity contribution in [2.75, 3.05) is 20.3 Å². The van der Waals surface area contributed by atoms with Gasteiger partial charge in [0.05, 0.1) is 24.3 Å². The highest BCUT2D eigenvalue weighted by atomic mass is 35.5. The van der Waals surface area contributed by atoms with Gasteiger partial charge >= 0.3 is 5.97 Å². The van der Waals surface area contributed by atoms with E-state index in [4.69, 9.17) is 25.8 Å². The van der Waals surface area contributed by atoms with Crippen LogP contribution < -0.4 is 9.47 Å². The number of rotatable bonds is 6. The molecular formula is C13H15ClO5. The van der Waals surface area contributed by atoms with E-state index in [1.807, 2.05) is 0 Å². The molecule has 0 N–H and O–H groups in total. The molecule has 1 rings (SSSR count). The second-order valence-corrected chi connectivity index (χ2v) is 4.04. The van der Waals surface area contributed by atoms with Crippen LogP contribution in [0.25, 0.3) is 0 Å². The minimum Gasteiger partial charge on any atom is -0.495 e. The Kier molecular flexibility index (Phi) is 5.63. The van der Waals surface area contributed by atoms with E-state index in [1.54, 1.807) is 6.92 Å². The van der Waals surface area contributed by atoms with Crippen molar-refractivity contribution < 1.29 is 23.8 Å². The Labute approximate surface area is 116 Å². The van der Waals surface area contributed by atoms with Crippen LogP contribution in [0.1, 0.15) is 24.2 Å². The van der Waals surface area contributed by atoms with Crippen LogP contribution in [0.5, 0.6) is 11.5 Å². The van der Waals surface area contributed by atoms with Crippen LogP contribution in [0.4, 0.5) is 0 Å². The summed E-state index contributed by atoms with van der Waals surface area (Å²) in [6.45, 7) is 3.07. The Hall–Kier alpha value is -1.75. The fraction of sp³-hybridized carbons (Fsp3) is 0.385. The van der Waals surface area contributed by atoms with Crippen LogP contribution in [-0.2, 0) is 9.53 Å². The zero-order chi connectivity index (χ0) is 14.4. The Morgan fingerprint density at radius 1 is 1.26 bits per heavy atom. The molecule has 0 aliphatic rings. The maximum Gasteiger partial charge on any atom is 0.344 e. The lowest BCUT2D eigenvalue weighted by molar-refractivity contribution is -0.145. The summed E-state index contributed by atoms with van der Waals surface area (Å²) in [5.74, 6) is -0.123. The van der Waals surface area contributed by atoms with Crippen molar-refractivity contribution in [1.29, 1.82) is 0 Å². The lowest BCUT2D eigenvalue weighted by Gasteiger charge is -2.12. The highest BCUT2D eigenvalue weighted by Crippen LogP contribution is 2.32. The van der Waals surface area contributed by atoms with Gasteiger partial charge in [-0.05, 0) is 19.9 Å². The summed E-state index contributed by atoms with van der Waals surface area (Å²) >= 11 is 5.93. The van der Waals surface area contributed by atoms with Gasteiger partial charge in [-0.3, -0.25) is 4.79 Å². The van der Waals surface area contributed by atoms with E-state index in [9.17, 15) is 9.59 Å². The van der Waals surface area contributed by atoms with Gasteiger partial charge in [0, 0.05) is 6.07 Å². The van der Waals surface area contributed by atoms with Gasteiger partial charge in [0.15, 0.2) is 12.4 Å². The summed E-state index contributed by atoms with van der Waals surface area (Å²) in [5.41, 5.74) is 0.287. The molecule has 104 valence electrons. The van der Waals surface area contributed by atoms with E-state index >= 15 is 0 Å².